The lowest BCUT2D eigenvalue weighted by Crippen LogP contribution is -1.96. The van der Waals surface area contributed by atoms with Crippen molar-refractivity contribution in [3.63, 3.8) is 0 Å². The second kappa shape index (κ2) is 8.11. The fraction of sp³-hybridized carbons (Fsp3) is 0.529. The Labute approximate surface area is 108 Å². The number of rotatable bonds is 3. The molecule has 0 N–H and O–H groups in total. The van der Waals surface area contributed by atoms with Crippen molar-refractivity contribution in [3.8, 4) is 0 Å². The first-order valence-corrected chi connectivity index (χ1v) is 6.60. The molecule has 1 aromatic carbocycles. The Kier molecular flexibility index (Phi) is 7.61. The maximum atomic E-state index is 3.56. The molecule has 0 heteroatoms. The third-order valence-corrected chi connectivity index (χ3v) is 2.63. The molecule has 0 aliphatic rings. The SMILES string of the molecule is C=C(C)C.CCCc1cccc(C(C)C)c1C. The molecule has 0 atom stereocenters. The summed E-state index contributed by atoms with van der Waals surface area (Å²) in [5.74, 6) is 0.650. The normalized spacial score (nSPS) is 9.82. The van der Waals surface area contributed by atoms with Crippen LogP contribution in [0.2, 0.25) is 0 Å². The van der Waals surface area contributed by atoms with E-state index in [2.05, 4.69) is 52.5 Å². The molecule has 0 radical (unpaired) electrons. The van der Waals surface area contributed by atoms with Gasteiger partial charge in [-0.15, -0.1) is 6.58 Å². The lowest BCUT2D eigenvalue weighted by Gasteiger charge is -2.13. The Morgan fingerprint density at radius 1 is 1.24 bits per heavy atom. The molecule has 0 aliphatic carbocycles. The van der Waals surface area contributed by atoms with Crippen LogP contribution in [0, 0.1) is 6.92 Å². The van der Waals surface area contributed by atoms with Crippen LogP contribution < -0.4 is 0 Å². The molecule has 0 spiro atoms. The fourth-order valence-corrected chi connectivity index (χ4v) is 1.87. The highest BCUT2D eigenvalue weighted by Gasteiger charge is 2.05. The van der Waals surface area contributed by atoms with Gasteiger partial charge in [-0.05, 0) is 49.8 Å². The van der Waals surface area contributed by atoms with Gasteiger partial charge in [0.25, 0.3) is 0 Å². The summed E-state index contributed by atoms with van der Waals surface area (Å²) in [4.78, 5) is 0. The number of aryl methyl sites for hydroxylation is 1. The molecule has 0 aromatic heterocycles. The van der Waals surface area contributed by atoms with E-state index in [0.717, 1.165) is 0 Å². The molecule has 0 bridgehead atoms. The molecule has 96 valence electrons. The molecule has 0 saturated carbocycles. The van der Waals surface area contributed by atoms with Crippen molar-refractivity contribution in [2.24, 2.45) is 0 Å². The van der Waals surface area contributed by atoms with Gasteiger partial charge in [0.1, 0.15) is 0 Å². The van der Waals surface area contributed by atoms with Crippen molar-refractivity contribution in [2.75, 3.05) is 0 Å². The van der Waals surface area contributed by atoms with Gasteiger partial charge in [0, 0.05) is 0 Å². The molecule has 0 fully saturated rings. The van der Waals surface area contributed by atoms with Gasteiger partial charge in [-0.1, -0.05) is 51.0 Å². The highest BCUT2D eigenvalue weighted by atomic mass is 14.1. The third kappa shape index (κ3) is 6.31. The first-order chi connectivity index (χ1) is 7.90. The molecule has 0 nitrogen and oxygen atoms in total. The van der Waals surface area contributed by atoms with Gasteiger partial charge in [0.2, 0.25) is 0 Å². The first-order valence-electron chi connectivity index (χ1n) is 6.60. The summed E-state index contributed by atoms with van der Waals surface area (Å²) in [5, 5.41) is 0. The van der Waals surface area contributed by atoms with E-state index in [9.17, 15) is 0 Å². The summed E-state index contributed by atoms with van der Waals surface area (Å²) in [5.41, 5.74) is 5.69. The highest BCUT2D eigenvalue weighted by Crippen LogP contribution is 2.22. The van der Waals surface area contributed by atoms with Crippen LogP contribution in [0.5, 0.6) is 0 Å². The Balaban J connectivity index is 0.000000557. The molecule has 0 heterocycles. The summed E-state index contributed by atoms with van der Waals surface area (Å²) in [6, 6.07) is 6.69. The maximum absolute atomic E-state index is 3.56. The number of hydrogen-bond acceptors (Lipinski definition) is 0. The average Bonchev–Trinajstić information content (AvgIpc) is 2.20. The van der Waals surface area contributed by atoms with E-state index >= 15 is 0 Å². The minimum absolute atomic E-state index is 0.650. The number of allylic oxidation sites excluding steroid dienone is 1. The minimum atomic E-state index is 0.650. The van der Waals surface area contributed by atoms with Gasteiger partial charge in [-0.25, -0.2) is 0 Å². The Morgan fingerprint density at radius 2 is 1.76 bits per heavy atom. The number of benzene rings is 1. The molecule has 0 saturated heterocycles. The van der Waals surface area contributed by atoms with Crippen molar-refractivity contribution in [1.29, 1.82) is 0 Å². The zero-order valence-corrected chi connectivity index (χ0v) is 12.4. The molecular formula is C17H28. The van der Waals surface area contributed by atoms with Crippen LogP contribution in [0.3, 0.4) is 0 Å². The smallest absolute Gasteiger partial charge is 0.0216 e. The van der Waals surface area contributed by atoms with Gasteiger partial charge in [0.05, 0.1) is 0 Å². The second-order valence-electron chi connectivity index (χ2n) is 5.24. The Hall–Kier alpha value is -1.04. The summed E-state index contributed by atoms with van der Waals surface area (Å²) in [6.45, 7) is 16.5. The second-order valence-corrected chi connectivity index (χ2v) is 5.24. The van der Waals surface area contributed by atoms with E-state index in [-0.39, 0.29) is 0 Å². The Bertz CT molecular complexity index is 341. The molecule has 0 aliphatic heterocycles. The van der Waals surface area contributed by atoms with Crippen LogP contribution in [0.4, 0.5) is 0 Å². The summed E-state index contributed by atoms with van der Waals surface area (Å²) >= 11 is 0. The van der Waals surface area contributed by atoms with E-state index in [0.29, 0.717) is 5.92 Å². The average molecular weight is 232 g/mol. The molecule has 0 unspecified atom stereocenters. The summed E-state index contributed by atoms with van der Waals surface area (Å²) < 4.78 is 0. The quantitative estimate of drug-likeness (QED) is 0.590. The van der Waals surface area contributed by atoms with Crippen LogP contribution in [0.1, 0.15) is 63.6 Å². The number of hydrogen-bond donors (Lipinski definition) is 0. The van der Waals surface area contributed by atoms with Crippen LogP contribution in [-0.2, 0) is 6.42 Å². The molecule has 1 aromatic rings. The maximum Gasteiger partial charge on any atom is -0.0216 e. The van der Waals surface area contributed by atoms with Crippen LogP contribution in [0.15, 0.2) is 30.4 Å². The van der Waals surface area contributed by atoms with E-state index in [1.54, 1.807) is 0 Å². The van der Waals surface area contributed by atoms with Crippen LogP contribution >= 0.6 is 0 Å². The zero-order chi connectivity index (χ0) is 13.4. The largest absolute Gasteiger partial charge is 0.100 e. The molecule has 1 rings (SSSR count). The van der Waals surface area contributed by atoms with Crippen molar-refractivity contribution in [2.45, 2.75) is 60.3 Å². The van der Waals surface area contributed by atoms with Gasteiger partial charge >= 0.3 is 0 Å². The lowest BCUT2D eigenvalue weighted by molar-refractivity contribution is 0.839. The van der Waals surface area contributed by atoms with Gasteiger partial charge in [0.15, 0.2) is 0 Å². The highest BCUT2D eigenvalue weighted by molar-refractivity contribution is 5.36. The van der Waals surface area contributed by atoms with Gasteiger partial charge < -0.3 is 0 Å². The van der Waals surface area contributed by atoms with E-state index in [1.807, 2.05) is 13.8 Å². The van der Waals surface area contributed by atoms with Crippen molar-refractivity contribution in [3.05, 3.63) is 47.0 Å². The first kappa shape index (κ1) is 16.0. The van der Waals surface area contributed by atoms with Gasteiger partial charge in [-0.3, -0.25) is 0 Å². The molecule has 0 amide bonds. The summed E-state index contributed by atoms with van der Waals surface area (Å²) in [6.07, 6.45) is 2.45. The van der Waals surface area contributed by atoms with E-state index < -0.39 is 0 Å². The molecular weight excluding hydrogens is 204 g/mol. The van der Waals surface area contributed by atoms with Crippen LogP contribution in [0.25, 0.3) is 0 Å². The van der Waals surface area contributed by atoms with E-state index in [4.69, 9.17) is 0 Å². The fourth-order valence-electron chi connectivity index (χ4n) is 1.87. The van der Waals surface area contributed by atoms with E-state index in [1.165, 1.54) is 35.1 Å². The predicted octanol–water partition coefficient (Wildman–Crippen LogP) is 5.65. The third-order valence-electron chi connectivity index (χ3n) is 2.63. The monoisotopic (exact) mass is 232 g/mol. The standard InChI is InChI=1S/C13H20.C4H8/c1-5-7-12-8-6-9-13(10(2)3)11(12)4;1-4(2)3/h6,8-10H,5,7H2,1-4H3;1H2,2-3H3. The predicted molar refractivity (Wildman–Crippen MR) is 79.8 cm³/mol. The van der Waals surface area contributed by atoms with Crippen molar-refractivity contribution >= 4 is 0 Å². The zero-order valence-electron chi connectivity index (χ0n) is 12.4. The van der Waals surface area contributed by atoms with Crippen molar-refractivity contribution < 1.29 is 0 Å². The minimum Gasteiger partial charge on any atom is -0.100 e. The topological polar surface area (TPSA) is 0 Å². The molecule has 17 heavy (non-hydrogen) atoms. The van der Waals surface area contributed by atoms with Crippen LogP contribution in [-0.4, -0.2) is 0 Å². The van der Waals surface area contributed by atoms with Crippen molar-refractivity contribution in [1.82, 2.24) is 0 Å². The Morgan fingerprint density at radius 3 is 2.18 bits per heavy atom. The van der Waals surface area contributed by atoms with Gasteiger partial charge in [-0.2, -0.15) is 0 Å². The lowest BCUT2D eigenvalue weighted by atomic mass is 9.93. The summed E-state index contributed by atoms with van der Waals surface area (Å²) in [7, 11) is 0.